The molecule has 4 heteroatoms. The van der Waals surface area contributed by atoms with Crippen molar-refractivity contribution in [2.45, 2.75) is 31.6 Å². The maximum atomic E-state index is 12.7. The van der Waals surface area contributed by atoms with E-state index in [0.717, 1.165) is 13.1 Å². The summed E-state index contributed by atoms with van der Waals surface area (Å²) in [6.45, 7) is 2.24. The van der Waals surface area contributed by atoms with Crippen LogP contribution in [-0.4, -0.2) is 25.6 Å². The molecule has 0 aliphatic heterocycles. The van der Waals surface area contributed by atoms with Crippen LogP contribution in [0.1, 0.15) is 25.7 Å². The van der Waals surface area contributed by atoms with E-state index in [1.54, 1.807) is 0 Å². The topological polar surface area (TPSA) is 38.0 Å². The van der Waals surface area contributed by atoms with E-state index in [0.29, 0.717) is 25.3 Å². The fraction of sp³-hybridized carbons (Fsp3) is 1.00. The fourth-order valence-electron chi connectivity index (χ4n) is 1.71. The van der Waals surface area contributed by atoms with Crippen molar-refractivity contribution >= 4 is 0 Å². The van der Waals surface area contributed by atoms with Crippen LogP contribution in [0, 0.1) is 5.92 Å². The van der Waals surface area contributed by atoms with Gasteiger partial charge in [0.1, 0.15) is 0 Å². The van der Waals surface area contributed by atoms with Crippen LogP contribution in [-0.2, 0) is 0 Å². The molecule has 0 aromatic heterocycles. The van der Waals surface area contributed by atoms with E-state index in [1.807, 2.05) is 0 Å². The van der Waals surface area contributed by atoms with E-state index < -0.39 is 5.92 Å². The zero-order valence-corrected chi connectivity index (χ0v) is 7.86. The van der Waals surface area contributed by atoms with Crippen molar-refractivity contribution in [3.63, 3.8) is 0 Å². The van der Waals surface area contributed by atoms with Gasteiger partial charge < -0.3 is 11.1 Å². The van der Waals surface area contributed by atoms with Crippen molar-refractivity contribution in [1.82, 2.24) is 5.32 Å². The number of alkyl halides is 2. The van der Waals surface area contributed by atoms with Gasteiger partial charge in [0.15, 0.2) is 0 Å². The van der Waals surface area contributed by atoms with Gasteiger partial charge in [0.25, 0.3) is 0 Å². The van der Waals surface area contributed by atoms with Gasteiger partial charge >= 0.3 is 0 Å². The molecule has 0 spiro atoms. The summed E-state index contributed by atoms with van der Waals surface area (Å²) in [6.07, 6.45) is 1.40. The van der Waals surface area contributed by atoms with Crippen molar-refractivity contribution in [3.8, 4) is 0 Å². The molecule has 1 saturated carbocycles. The minimum Gasteiger partial charge on any atom is -0.329 e. The van der Waals surface area contributed by atoms with E-state index >= 15 is 0 Å². The average molecular weight is 192 g/mol. The molecule has 13 heavy (non-hydrogen) atoms. The third kappa shape index (κ3) is 4.00. The highest BCUT2D eigenvalue weighted by atomic mass is 19.3. The molecule has 0 heterocycles. The largest absolute Gasteiger partial charge is 0.329 e. The van der Waals surface area contributed by atoms with Gasteiger partial charge in [-0.1, -0.05) is 0 Å². The first-order chi connectivity index (χ1) is 6.14. The molecule has 3 N–H and O–H groups in total. The molecule has 2 nitrogen and oxygen atoms in total. The van der Waals surface area contributed by atoms with Gasteiger partial charge in [0.05, 0.1) is 0 Å². The summed E-state index contributed by atoms with van der Waals surface area (Å²) in [4.78, 5) is 0. The molecule has 0 amide bonds. The van der Waals surface area contributed by atoms with Gasteiger partial charge in [-0.05, 0) is 25.3 Å². The third-order valence-electron chi connectivity index (χ3n) is 2.59. The van der Waals surface area contributed by atoms with E-state index in [9.17, 15) is 8.78 Å². The van der Waals surface area contributed by atoms with E-state index in [4.69, 9.17) is 5.73 Å². The van der Waals surface area contributed by atoms with Crippen LogP contribution >= 0.6 is 0 Å². The normalized spacial score (nSPS) is 23.3. The van der Waals surface area contributed by atoms with Crippen molar-refractivity contribution in [2.75, 3.05) is 19.6 Å². The lowest BCUT2D eigenvalue weighted by atomic mass is 9.87. The van der Waals surface area contributed by atoms with Gasteiger partial charge in [-0.2, -0.15) is 0 Å². The predicted molar refractivity (Wildman–Crippen MR) is 48.8 cm³/mol. The van der Waals surface area contributed by atoms with Crippen LogP contribution in [0.4, 0.5) is 8.78 Å². The predicted octanol–water partition coefficient (Wildman–Crippen LogP) is 1.36. The molecule has 0 radical (unpaired) electrons. The first-order valence-electron chi connectivity index (χ1n) is 4.93. The Morgan fingerprint density at radius 2 is 1.92 bits per heavy atom. The monoisotopic (exact) mass is 192 g/mol. The van der Waals surface area contributed by atoms with Crippen LogP contribution in [0.25, 0.3) is 0 Å². The number of nitrogens with one attached hydrogen (secondary N) is 1. The standard InChI is InChI=1S/C9H18F2N2/c10-9(11)3-1-8(2-4-9)7-13-6-5-12/h8,13H,1-7,12H2. The molecule has 1 rings (SSSR count). The third-order valence-corrected chi connectivity index (χ3v) is 2.59. The van der Waals surface area contributed by atoms with Gasteiger partial charge in [-0.15, -0.1) is 0 Å². The Bertz CT molecular complexity index is 141. The number of rotatable bonds is 4. The second kappa shape index (κ2) is 4.86. The van der Waals surface area contributed by atoms with Crippen LogP contribution in [0.15, 0.2) is 0 Å². The number of hydrogen-bond donors (Lipinski definition) is 2. The Morgan fingerprint density at radius 1 is 1.31 bits per heavy atom. The molecule has 0 aromatic rings. The number of hydrogen-bond acceptors (Lipinski definition) is 2. The Morgan fingerprint density at radius 3 is 2.46 bits per heavy atom. The van der Waals surface area contributed by atoms with Crippen molar-refractivity contribution in [1.29, 1.82) is 0 Å². The summed E-state index contributed by atoms with van der Waals surface area (Å²) in [5.74, 6) is -1.98. The summed E-state index contributed by atoms with van der Waals surface area (Å²) >= 11 is 0. The van der Waals surface area contributed by atoms with Gasteiger partial charge in [-0.3, -0.25) is 0 Å². The fourth-order valence-corrected chi connectivity index (χ4v) is 1.71. The minimum atomic E-state index is -2.40. The van der Waals surface area contributed by atoms with Crippen molar-refractivity contribution in [3.05, 3.63) is 0 Å². The highest BCUT2D eigenvalue weighted by molar-refractivity contribution is 4.78. The van der Waals surface area contributed by atoms with Gasteiger partial charge in [-0.25, -0.2) is 8.78 Å². The van der Waals surface area contributed by atoms with E-state index in [-0.39, 0.29) is 12.8 Å². The molecule has 0 saturated heterocycles. The van der Waals surface area contributed by atoms with Gasteiger partial charge in [0.2, 0.25) is 5.92 Å². The number of nitrogens with two attached hydrogens (primary N) is 1. The highest BCUT2D eigenvalue weighted by Crippen LogP contribution is 2.35. The smallest absolute Gasteiger partial charge is 0.248 e. The zero-order chi connectivity index (χ0) is 9.73. The number of halogens is 2. The molecule has 1 fully saturated rings. The molecule has 0 atom stereocenters. The summed E-state index contributed by atoms with van der Waals surface area (Å²) in [7, 11) is 0. The Labute approximate surface area is 77.9 Å². The first kappa shape index (κ1) is 10.9. The second-order valence-electron chi connectivity index (χ2n) is 3.79. The molecule has 0 bridgehead atoms. The lowest BCUT2D eigenvalue weighted by Gasteiger charge is -2.28. The Balaban J connectivity index is 2.11. The van der Waals surface area contributed by atoms with Crippen LogP contribution in [0.2, 0.25) is 0 Å². The zero-order valence-electron chi connectivity index (χ0n) is 7.86. The first-order valence-corrected chi connectivity index (χ1v) is 4.93. The SMILES string of the molecule is NCCNCC1CCC(F)(F)CC1. The molecule has 1 aliphatic rings. The molecular formula is C9H18F2N2. The quantitative estimate of drug-likeness (QED) is 0.660. The summed E-state index contributed by atoms with van der Waals surface area (Å²) < 4.78 is 25.5. The minimum absolute atomic E-state index is 0.0575. The van der Waals surface area contributed by atoms with Crippen molar-refractivity contribution < 1.29 is 8.78 Å². The molecular weight excluding hydrogens is 174 g/mol. The summed E-state index contributed by atoms with van der Waals surface area (Å²) in [5.41, 5.74) is 5.30. The summed E-state index contributed by atoms with van der Waals surface area (Å²) in [5, 5.41) is 3.16. The summed E-state index contributed by atoms with van der Waals surface area (Å²) in [6, 6.07) is 0. The molecule has 0 aromatic carbocycles. The molecule has 78 valence electrons. The second-order valence-corrected chi connectivity index (χ2v) is 3.79. The van der Waals surface area contributed by atoms with Crippen LogP contribution in [0.5, 0.6) is 0 Å². The molecule has 0 unspecified atom stereocenters. The van der Waals surface area contributed by atoms with E-state index in [2.05, 4.69) is 5.32 Å². The van der Waals surface area contributed by atoms with Crippen LogP contribution < -0.4 is 11.1 Å². The average Bonchev–Trinajstić information content (AvgIpc) is 2.08. The highest BCUT2D eigenvalue weighted by Gasteiger charge is 2.34. The van der Waals surface area contributed by atoms with Crippen LogP contribution in [0.3, 0.4) is 0 Å². The maximum Gasteiger partial charge on any atom is 0.248 e. The Kier molecular flexibility index (Phi) is 4.06. The molecule has 1 aliphatic carbocycles. The maximum absolute atomic E-state index is 12.7. The lowest BCUT2D eigenvalue weighted by molar-refractivity contribution is -0.0454. The van der Waals surface area contributed by atoms with Gasteiger partial charge in [0, 0.05) is 25.9 Å². The Hall–Kier alpha value is -0.220. The lowest BCUT2D eigenvalue weighted by Crippen LogP contribution is -2.32. The van der Waals surface area contributed by atoms with Crippen molar-refractivity contribution in [2.24, 2.45) is 11.7 Å². The van der Waals surface area contributed by atoms with E-state index in [1.165, 1.54) is 0 Å².